The van der Waals surface area contributed by atoms with Gasteiger partial charge in [-0.05, 0) is 42.3 Å². The second-order valence-corrected chi connectivity index (χ2v) is 5.83. The van der Waals surface area contributed by atoms with Crippen molar-refractivity contribution in [1.29, 1.82) is 0 Å². The van der Waals surface area contributed by atoms with E-state index in [1.54, 1.807) is 0 Å². The van der Waals surface area contributed by atoms with E-state index in [-0.39, 0.29) is 0 Å². The Labute approximate surface area is 144 Å². The van der Waals surface area contributed by atoms with E-state index in [1.165, 1.54) is 11.1 Å². The molecule has 1 atom stereocenters. The molecule has 0 bridgehead atoms. The molecule has 0 radical (unpaired) electrons. The lowest BCUT2D eigenvalue weighted by Crippen LogP contribution is -2.17. The lowest BCUT2D eigenvalue weighted by atomic mass is 10.1. The van der Waals surface area contributed by atoms with Gasteiger partial charge in [-0.15, -0.1) is 0 Å². The number of nitrogens with one attached hydrogen (secondary N) is 1. The molecule has 0 aliphatic heterocycles. The summed E-state index contributed by atoms with van der Waals surface area (Å²) in [4.78, 5) is 0. The Kier molecular flexibility index (Phi) is 5.45. The molecule has 3 aromatic rings. The lowest BCUT2D eigenvalue weighted by molar-refractivity contribution is 0.575. The van der Waals surface area contributed by atoms with Gasteiger partial charge in [0, 0.05) is 23.7 Å². The zero-order chi connectivity index (χ0) is 16.6. The predicted octanol–water partition coefficient (Wildman–Crippen LogP) is 4.94. The third kappa shape index (κ3) is 4.59. The SMILES string of the molecule is CC(NCc1ccc(C#Cc2ccccc2)cc1)c1ccccc1. The molecule has 0 saturated heterocycles. The number of rotatable bonds is 4. The number of benzene rings is 3. The molecule has 3 aromatic carbocycles. The van der Waals surface area contributed by atoms with Crippen molar-refractivity contribution in [2.45, 2.75) is 19.5 Å². The fraction of sp³-hybridized carbons (Fsp3) is 0.130. The van der Waals surface area contributed by atoms with Crippen LogP contribution in [0.1, 0.15) is 35.2 Å². The van der Waals surface area contributed by atoms with Crippen LogP contribution in [0, 0.1) is 11.8 Å². The second kappa shape index (κ2) is 8.15. The summed E-state index contributed by atoms with van der Waals surface area (Å²) in [6, 6.07) is 29.4. The van der Waals surface area contributed by atoms with Gasteiger partial charge in [0.2, 0.25) is 0 Å². The summed E-state index contributed by atoms with van der Waals surface area (Å²) in [6.07, 6.45) is 0. The van der Waals surface area contributed by atoms with Gasteiger partial charge >= 0.3 is 0 Å². The van der Waals surface area contributed by atoms with Crippen LogP contribution < -0.4 is 5.32 Å². The van der Waals surface area contributed by atoms with Crippen molar-refractivity contribution >= 4 is 0 Å². The van der Waals surface area contributed by atoms with E-state index >= 15 is 0 Å². The molecular formula is C23H21N. The molecule has 118 valence electrons. The summed E-state index contributed by atoms with van der Waals surface area (Å²) < 4.78 is 0. The van der Waals surface area contributed by atoms with Crippen molar-refractivity contribution in [2.75, 3.05) is 0 Å². The maximum absolute atomic E-state index is 3.56. The highest BCUT2D eigenvalue weighted by molar-refractivity contribution is 5.43. The zero-order valence-corrected chi connectivity index (χ0v) is 13.9. The average molecular weight is 311 g/mol. The van der Waals surface area contributed by atoms with Crippen LogP contribution in [0.15, 0.2) is 84.9 Å². The molecule has 1 N–H and O–H groups in total. The molecule has 0 aromatic heterocycles. The summed E-state index contributed by atoms with van der Waals surface area (Å²) in [5, 5.41) is 3.56. The molecule has 24 heavy (non-hydrogen) atoms. The molecule has 0 fully saturated rings. The van der Waals surface area contributed by atoms with Gasteiger partial charge in [-0.1, -0.05) is 72.5 Å². The van der Waals surface area contributed by atoms with Gasteiger partial charge in [-0.3, -0.25) is 0 Å². The highest BCUT2D eigenvalue weighted by Crippen LogP contribution is 2.12. The van der Waals surface area contributed by atoms with E-state index in [0.29, 0.717) is 6.04 Å². The van der Waals surface area contributed by atoms with Gasteiger partial charge in [0.15, 0.2) is 0 Å². The van der Waals surface area contributed by atoms with Crippen LogP contribution >= 0.6 is 0 Å². The maximum Gasteiger partial charge on any atom is 0.0294 e. The van der Waals surface area contributed by atoms with Crippen LogP contribution in [0.5, 0.6) is 0 Å². The first-order valence-corrected chi connectivity index (χ1v) is 8.25. The third-order valence-corrected chi connectivity index (χ3v) is 3.99. The van der Waals surface area contributed by atoms with E-state index in [4.69, 9.17) is 0 Å². The first-order chi connectivity index (χ1) is 11.8. The normalized spacial score (nSPS) is 11.4. The monoisotopic (exact) mass is 311 g/mol. The molecule has 3 rings (SSSR count). The molecule has 1 nitrogen and oxygen atoms in total. The van der Waals surface area contributed by atoms with Gasteiger partial charge in [0.05, 0.1) is 0 Å². The minimum absolute atomic E-state index is 0.337. The highest BCUT2D eigenvalue weighted by Gasteiger charge is 2.03. The van der Waals surface area contributed by atoms with E-state index in [2.05, 4.69) is 72.6 Å². The van der Waals surface area contributed by atoms with Crippen molar-refractivity contribution in [2.24, 2.45) is 0 Å². The molecule has 0 amide bonds. The fourth-order valence-electron chi connectivity index (χ4n) is 2.50. The summed E-state index contributed by atoms with van der Waals surface area (Å²) in [7, 11) is 0. The Morgan fingerprint density at radius 1 is 0.708 bits per heavy atom. The first kappa shape index (κ1) is 16.1. The Bertz CT molecular complexity index is 809. The van der Waals surface area contributed by atoms with Crippen molar-refractivity contribution < 1.29 is 0 Å². The Morgan fingerprint density at radius 3 is 1.88 bits per heavy atom. The quantitative estimate of drug-likeness (QED) is 0.673. The number of hydrogen-bond acceptors (Lipinski definition) is 1. The van der Waals surface area contributed by atoms with Crippen LogP contribution in [0.4, 0.5) is 0 Å². The molecule has 0 spiro atoms. The Balaban J connectivity index is 1.58. The molecule has 0 heterocycles. The molecule has 1 unspecified atom stereocenters. The van der Waals surface area contributed by atoms with E-state index < -0.39 is 0 Å². The molecule has 1 heteroatoms. The maximum atomic E-state index is 3.56. The van der Waals surface area contributed by atoms with Gasteiger partial charge < -0.3 is 5.32 Å². The summed E-state index contributed by atoms with van der Waals surface area (Å²) >= 11 is 0. The van der Waals surface area contributed by atoms with Crippen molar-refractivity contribution in [1.82, 2.24) is 5.32 Å². The summed E-state index contributed by atoms with van der Waals surface area (Å²) in [5.74, 6) is 6.39. The summed E-state index contributed by atoms with van der Waals surface area (Å²) in [5.41, 5.74) is 4.66. The van der Waals surface area contributed by atoms with Gasteiger partial charge in [0.1, 0.15) is 0 Å². The zero-order valence-electron chi connectivity index (χ0n) is 13.9. The topological polar surface area (TPSA) is 12.0 Å². The minimum Gasteiger partial charge on any atom is -0.306 e. The van der Waals surface area contributed by atoms with E-state index in [0.717, 1.165) is 17.7 Å². The van der Waals surface area contributed by atoms with E-state index in [9.17, 15) is 0 Å². The van der Waals surface area contributed by atoms with Crippen LogP contribution in [-0.2, 0) is 6.54 Å². The van der Waals surface area contributed by atoms with Gasteiger partial charge in [0.25, 0.3) is 0 Å². The standard InChI is InChI=1S/C23H21N/c1-19(23-10-6-3-7-11-23)24-18-22-16-14-21(15-17-22)13-12-20-8-4-2-5-9-20/h2-11,14-17,19,24H,18H2,1H3. The fourth-order valence-corrected chi connectivity index (χ4v) is 2.50. The van der Waals surface area contributed by atoms with Crippen molar-refractivity contribution in [3.8, 4) is 11.8 Å². The molecular weight excluding hydrogens is 290 g/mol. The second-order valence-electron chi connectivity index (χ2n) is 5.83. The highest BCUT2D eigenvalue weighted by atomic mass is 14.9. The smallest absolute Gasteiger partial charge is 0.0294 e. The Morgan fingerprint density at radius 2 is 1.25 bits per heavy atom. The van der Waals surface area contributed by atoms with Crippen molar-refractivity contribution in [3.63, 3.8) is 0 Å². The molecule has 0 aliphatic rings. The first-order valence-electron chi connectivity index (χ1n) is 8.25. The minimum atomic E-state index is 0.337. The van der Waals surface area contributed by atoms with E-state index in [1.807, 2.05) is 36.4 Å². The Hall–Kier alpha value is -2.82. The third-order valence-electron chi connectivity index (χ3n) is 3.99. The lowest BCUT2D eigenvalue weighted by Gasteiger charge is -2.14. The van der Waals surface area contributed by atoms with Gasteiger partial charge in [-0.25, -0.2) is 0 Å². The van der Waals surface area contributed by atoms with Gasteiger partial charge in [-0.2, -0.15) is 0 Å². The largest absolute Gasteiger partial charge is 0.306 e. The number of hydrogen-bond donors (Lipinski definition) is 1. The summed E-state index contributed by atoms with van der Waals surface area (Å²) in [6.45, 7) is 3.04. The van der Waals surface area contributed by atoms with Crippen LogP contribution in [-0.4, -0.2) is 0 Å². The van der Waals surface area contributed by atoms with Crippen LogP contribution in [0.2, 0.25) is 0 Å². The average Bonchev–Trinajstić information content (AvgIpc) is 2.67. The van der Waals surface area contributed by atoms with Crippen LogP contribution in [0.3, 0.4) is 0 Å². The molecule has 0 saturated carbocycles. The van der Waals surface area contributed by atoms with Crippen LogP contribution in [0.25, 0.3) is 0 Å². The predicted molar refractivity (Wildman–Crippen MR) is 101 cm³/mol. The molecule has 0 aliphatic carbocycles. The van der Waals surface area contributed by atoms with Crippen molar-refractivity contribution in [3.05, 3.63) is 107 Å².